The van der Waals surface area contributed by atoms with E-state index in [4.69, 9.17) is 0 Å². The third-order valence-corrected chi connectivity index (χ3v) is 3.00. The smallest absolute Gasteiger partial charge is 0.191 e. The standard InChI is InChI=1S/C16H17F2N3.HI/c1-19-16(20-10-12-6-8-14(17)9-7-12)21-11-13-4-2-3-5-15(13)18;/h2-9H,10-11H2,1H3,(H2,19,20,21);1H. The highest BCUT2D eigenvalue weighted by Gasteiger charge is 2.02. The topological polar surface area (TPSA) is 36.4 Å². The average molecular weight is 417 g/mol. The minimum atomic E-state index is -0.263. The van der Waals surface area contributed by atoms with Gasteiger partial charge in [0.05, 0.1) is 0 Å². The molecule has 22 heavy (non-hydrogen) atoms. The lowest BCUT2D eigenvalue weighted by atomic mass is 10.2. The Morgan fingerprint density at radius 2 is 1.59 bits per heavy atom. The molecule has 0 aliphatic carbocycles. The first-order valence-corrected chi connectivity index (χ1v) is 6.61. The number of nitrogens with zero attached hydrogens (tertiary/aromatic N) is 1. The molecule has 0 heterocycles. The van der Waals surface area contributed by atoms with Crippen LogP contribution in [0, 0.1) is 11.6 Å². The monoisotopic (exact) mass is 417 g/mol. The molecule has 2 rings (SSSR count). The summed E-state index contributed by atoms with van der Waals surface area (Å²) < 4.78 is 26.3. The van der Waals surface area contributed by atoms with Crippen LogP contribution in [-0.2, 0) is 13.1 Å². The molecule has 2 aromatic rings. The Hall–Kier alpha value is -1.70. The van der Waals surface area contributed by atoms with Crippen molar-refractivity contribution in [1.29, 1.82) is 0 Å². The minimum absolute atomic E-state index is 0. The quantitative estimate of drug-likeness (QED) is 0.455. The van der Waals surface area contributed by atoms with Crippen LogP contribution in [0.1, 0.15) is 11.1 Å². The summed E-state index contributed by atoms with van der Waals surface area (Å²) in [6.45, 7) is 0.854. The molecule has 0 spiro atoms. The maximum Gasteiger partial charge on any atom is 0.191 e. The lowest BCUT2D eigenvalue weighted by Crippen LogP contribution is -2.36. The molecule has 2 aromatic carbocycles. The number of guanidine groups is 1. The fourth-order valence-electron chi connectivity index (χ4n) is 1.83. The summed E-state index contributed by atoms with van der Waals surface area (Å²) in [5.41, 5.74) is 1.51. The number of benzene rings is 2. The fraction of sp³-hybridized carbons (Fsp3) is 0.188. The molecule has 0 aliphatic heterocycles. The summed E-state index contributed by atoms with van der Waals surface area (Å²) in [6, 6.07) is 12.8. The summed E-state index contributed by atoms with van der Waals surface area (Å²) in [7, 11) is 1.64. The van der Waals surface area contributed by atoms with E-state index in [0.29, 0.717) is 24.6 Å². The second-order valence-corrected chi connectivity index (χ2v) is 4.50. The molecular weight excluding hydrogens is 399 g/mol. The summed E-state index contributed by atoms with van der Waals surface area (Å²) in [5.74, 6) is 0.0439. The third-order valence-electron chi connectivity index (χ3n) is 3.00. The molecule has 3 nitrogen and oxygen atoms in total. The molecule has 6 heteroatoms. The maximum atomic E-state index is 13.5. The second-order valence-electron chi connectivity index (χ2n) is 4.50. The molecule has 0 aromatic heterocycles. The molecular formula is C16H18F2IN3. The molecule has 118 valence electrons. The van der Waals surface area contributed by atoms with Crippen LogP contribution in [0.25, 0.3) is 0 Å². The molecule has 0 saturated carbocycles. The van der Waals surface area contributed by atoms with Gasteiger partial charge in [-0.25, -0.2) is 8.78 Å². The van der Waals surface area contributed by atoms with Gasteiger partial charge in [-0.15, -0.1) is 24.0 Å². The lowest BCUT2D eigenvalue weighted by Gasteiger charge is -2.12. The van der Waals surface area contributed by atoms with E-state index in [-0.39, 0.29) is 35.6 Å². The van der Waals surface area contributed by atoms with Crippen LogP contribution in [0.5, 0.6) is 0 Å². The summed E-state index contributed by atoms with van der Waals surface area (Å²) in [4.78, 5) is 4.06. The van der Waals surface area contributed by atoms with Crippen LogP contribution in [0.15, 0.2) is 53.5 Å². The number of rotatable bonds is 4. The van der Waals surface area contributed by atoms with Crippen molar-refractivity contribution >= 4 is 29.9 Å². The SMILES string of the molecule is CN=C(NCc1ccc(F)cc1)NCc1ccccc1F.I. The van der Waals surface area contributed by atoms with Gasteiger partial charge in [-0.3, -0.25) is 4.99 Å². The Bertz CT molecular complexity index is 615. The van der Waals surface area contributed by atoms with Crippen molar-refractivity contribution in [3.63, 3.8) is 0 Å². The molecule has 0 saturated heterocycles. The molecule has 0 radical (unpaired) electrons. The van der Waals surface area contributed by atoms with Crippen molar-refractivity contribution < 1.29 is 8.78 Å². The molecule has 0 aliphatic rings. The van der Waals surface area contributed by atoms with Crippen molar-refractivity contribution in [2.24, 2.45) is 4.99 Å². The van der Waals surface area contributed by atoms with Crippen molar-refractivity contribution in [2.45, 2.75) is 13.1 Å². The molecule has 0 unspecified atom stereocenters. The van der Waals surface area contributed by atoms with E-state index in [0.717, 1.165) is 5.56 Å². The predicted molar refractivity (Wildman–Crippen MR) is 95.3 cm³/mol. The zero-order chi connectivity index (χ0) is 15.1. The van der Waals surface area contributed by atoms with Gasteiger partial charge in [0.25, 0.3) is 0 Å². The van der Waals surface area contributed by atoms with Gasteiger partial charge in [0.2, 0.25) is 0 Å². The first-order chi connectivity index (χ1) is 10.2. The van der Waals surface area contributed by atoms with E-state index in [1.54, 1.807) is 37.4 Å². The van der Waals surface area contributed by atoms with E-state index in [2.05, 4.69) is 15.6 Å². The van der Waals surface area contributed by atoms with E-state index < -0.39 is 0 Å². The number of hydrogen-bond acceptors (Lipinski definition) is 1. The highest BCUT2D eigenvalue weighted by molar-refractivity contribution is 14.0. The van der Waals surface area contributed by atoms with Gasteiger partial charge in [0, 0.05) is 25.7 Å². The number of halogens is 3. The van der Waals surface area contributed by atoms with Crippen LogP contribution in [0.4, 0.5) is 8.78 Å². The van der Waals surface area contributed by atoms with Crippen molar-refractivity contribution in [2.75, 3.05) is 7.05 Å². The van der Waals surface area contributed by atoms with Gasteiger partial charge in [-0.2, -0.15) is 0 Å². The number of aliphatic imine (C=N–C) groups is 1. The Morgan fingerprint density at radius 3 is 2.23 bits per heavy atom. The fourth-order valence-corrected chi connectivity index (χ4v) is 1.83. The predicted octanol–water partition coefficient (Wildman–Crippen LogP) is 3.45. The Labute approximate surface area is 145 Å². The van der Waals surface area contributed by atoms with Gasteiger partial charge in [0.15, 0.2) is 5.96 Å². The second kappa shape index (κ2) is 9.34. The first-order valence-electron chi connectivity index (χ1n) is 6.61. The zero-order valence-corrected chi connectivity index (χ0v) is 14.5. The largest absolute Gasteiger partial charge is 0.352 e. The molecule has 2 N–H and O–H groups in total. The summed E-state index contributed by atoms with van der Waals surface area (Å²) >= 11 is 0. The van der Waals surface area contributed by atoms with Gasteiger partial charge in [-0.1, -0.05) is 30.3 Å². The van der Waals surface area contributed by atoms with Crippen LogP contribution < -0.4 is 10.6 Å². The number of hydrogen-bond donors (Lipinski definition) is 2. The molecule has 0 atom stereocenters. The van der Waals surface area contributed by atoms with Gasteiger partial charge in [-0.05, 0) is 23.8 Å². The molecule has 0 bridgehead atoms. The first kappa shape index (κ1) is 18.3. The van der Waals surface area contributed by atoms with E-state index in [9.17, 15) is 8.78 Å². The van der Waals surface area contributed by atoms with Crippen molar-refractivity contribution in [1.82, 2.24) is 10.6 Å². The Balaban J connectivity index is 0.00000242. The van der Waals surface area contributed by atoms with Crippen LogP contribution >= 0.6 is 24.0 Å². The molecule has 0 amide bonds. The summed E-state index contributed by atoms with van der Waals surface area (Å²) in [6.07, 6.45) is 0. The Morgan fingerprint density at radius 1 is 0.955 bits per heavy atom. The normalized spacial score (nSPS) is 10.8. The zero-order valence-electron chi connectivity index (χ0n) is 12.1. The summed E-state index contributed by atoms with van der Waals surface area (Å²) in [5, 5.41) is 6.12. The maximum absolute atomic E-state index is 13.5. The lowest BCUT2D eigenvalue weighted by molar-refractivity contribution is 0.604. The third kappa shape index (κ3) is 5.59. The van der Waals surface area contributed by atoms with Crippen molar-refractivity contribution in [3.8, 4) is 0 Å². The minimum Gasteiger partial charge on any atom is -0.352 e. The molecule has 0 fully saturated rings. The highest BCUT2D eigenvalue weighted by atomic mass is 127. The van der Waals surface area contributed by atoms with Gasteiger partial charge in [0.1, 0.15) is 11.6 Å². The van der Waals surface area contributed by atoms with Gasteiger partial charge < -0.3 is 10.6 Å². The van der Waals surface area contributed by atoms with E-state index >= 15 is 0 Å². The average Bonchev–Trinajstić information content (AvgIpc) is 2.51. The van der Waals surface area contributed by atoms with Crippen LogP contribution in [0.2, 0.25) is 0 Å². The highest BCUT2D eigenvalue weighted by Crippen LogP contribution is 2.05. The van der Waals surface area contributed by atoms with E-state index in [1.807, 2.05) is 0 Å². The van der Waals surface area contributed by atoms with Crippen LogP contribution in [-0.4, -0.2) is 13.0 Å². The Kier molecular flexibility index (Phi) is 7.79. The van der Waals surface area contributed by atoms with Gasteiger partial charge >= 0.3 is 0 Å². The van der Waals surface area contributed by atoms with E-state index in [1.165, 1.54) is 18.2 Å². The van der Waals surface area contributed by atoms with Crippen LogP contribution in [0.3, 0.4) is 0 Å². The van der Waals surface area contributed by atoms with Crippen molar-refractivity contribution in [3.05, 3.63) is 71.3 Å². The number of nitrogens with one attached hydrogen (secondary N) is 2.